The van der Waals surface area contributed by atoms with Crippen molar-refractivity contribution >= 4 is 23.4 Å². The van der Waals surface area contributed by atoms with E-state index in [1.807, 2.05) is 18.2 Å². The molecule has 3 heteroatoms. The first kappa shape index (κ1) is 15.4. The third-order valence-corrected chi connectivity index (χ3v) is 4.59. The topological polar surface area (TPSA) is 12.0 Å². The predicted octanol–water partition coefficient (Wildman–Crippen LogP) is 5.30. The van der Waals surface area contributed by atoms with Crippen molar-refractivity contribution in [3.05, 3.63) is 58.6 Å². The van der Waals surface area contributed by atoms with Crippen molar-refractivity contribution < 1.29 is 0 Å². The third kappa shape index (κ3) is 4.27. The minimum atomic E-state index is 0.506. The van der Waals surface area contributed by atoms with E-state index >= 15 is 0 Å². The number of nitrogens with one attached hydrogen (secondary N) is 1. The lowest BCUT2D eigenvalue weighted by molar-refractivity contribution is 0.587. The fourth-order valence-corrected chi connectivity index (χ4v) is 3.09. The summed E-state index contributed by atoms with van der Waals surface area (Å²) >= 11 is 7.91. The fourth-order valence-electron chi connectivity index (χ4n) is 1.90. The zero-order valence-electron chi connectivity index (χ0n) is 12.1. The van der Waals surface area contributed by atoms with E-state index in [1.54, 1.807) is 11.8 Å². The van der Waals surface area contributed by atoms with Crippen LogP contribution in [0.15, 0.2) is 52.3 Å². The van der Waals surface area contributed by atoms with E-state index in [4.69, 9.17) is 11.6 Å². The number of hydrogen-bond acceptors (Lipinski definition) is 2. The molecular weight excluding hydrogens is 286 g/mol. The van der Waals surface area contributed by atoms with Gasteiger partial charge in [0.2, 0.25) is 0 Å². The van der Waals surface area contributed by atoms with Crippen LogP contribution >= 0.6 is 23.4 Å². The first-order valence-electron chi connectivity index (χ1n) is 6.81. The van der Waals surface area contributed by atoms with E-state index < -0.39 is 0 Å². The van der Waals surface area contributed by atoms with Crippen LogP contribution in [0.5, 0.6) is 0 Å². The number of aryl methyl sites for hydroxylation is 1. The van der Waals surface area contributed by atoms with Crippen molar-refractivity contribution in [3.8, 4) is 0 Å². The molecule has 0 radical (unpaired) electrons. The maximum atomic E-state index is 6.20. The van der Waals surface area contributed by atoms with Crippen LogP contribution in [0.4, 0.5) is 0 Å². The van der Waals surface area contributed by atoms with E-state index in [-0.39, 0.29) is 0 Å². The van der Waals surface area contributed by atoms with Crippen LogP contribution in [-0.2, 0) is 6.54 Å². The molecule has 0 amide bonds. The molecule has 0 fully saturated rings. The summed E-state index contributed by atoms with van der Waals surface area (Å²) in [6, 6.07) is 15.0. The molecule has 0 aliphatic carbocycles. The van der Waals surface area contributed by atoms with Gasteiger partial charge in [-0.15, -0.1) is 0 Å². The van der Waals surface area contributed by atoms with E-state index in [0.717, 1.165) is 16.5 Å². The Morgan fingerprint density at radius 3 is 2.55 bits per heavy atom. The highest BCUT2D eigenvalue weighted by Gasteiger charge is 2.05. The summed E-state index contributed by atoms with van der Waals surface area (Å²) in [5.74, 6) is 0. The van der Waals surface area contributed by atoms with E-state index in [9.17, 15) is 0 Å². The molecule has 1 N–H and O–H groups in total. The van der Waals surface area contributed by atoms with Crippen molar-refractivity contribution in [1.29, 1.82) is 0 Å². The molecule has 0 unspecified atom stereocenters. The summed E-state index contributed by atoms with van der Waals surface area (Å²) in [6.07, 6.45) is 0. The highest BCUT2D eigenvalue weighted by molar-refractivity contribution is 7.99. The molecule has 20 heavy (non-hydrogen) atoms. The molecule has 0 aromatic heterocycles. The molecule has 0 aliphatic rings. The van der Waals surface area contributed by atoms with Crippen molar-refractivity contribution in [3.63, 3.8) is 0 Å². The minimum absolute atomic E-state index is 0.506. The summed E-state index contributed by atoms with van der Waals surface area (Å²) in [5.41, 5.74) is 2.66. The molecule has 2 aromatic carbocycles. The zero-order valence-corrected chi connectivity index (χ0v) is 13.7. The van der Waals surface area contributed by atoms with Crippen LogP contribution in [0, 0.1) is 6.92 Å². The molecule has 0 aliphatic heterocycles. The Morgan fingerprint density at radius 2 is 1.90 bits per heavy atom. The predicted molar refractivity (Wildman–Crippen MR) is 88.7 cm³/mol. The highest BCUT2D eigenvalue weighted by atomic mass is 35.5. The zero-order chi connectivity index (χ0) is 14.5. The molecule has 0 bridgehead atoms. The van der Waals surface area contributed by atoms with Gasteiger partial charge < -0.3 is 5.32 Å². The molecular formula is C17H20ClNS. The van der Waals surface area contributed by atoms with Gasteiger partial charge in [-0.05, 0) is 42.3 Å². The number of benzene rings is 2. The monoisotopic (exact) mass is 305 g/mol. The molecule has 0 saturated carbocycles. The molecule has 2 rings (SSSR count). The number of rotatable bonds is 5. The van der Waals surface area contributed by atoms with Crippen molar-refractivity contribution in [1.82, 2.24) is 5.32 Å². The molecule has 1 nitrogen and oxygen atoms in total. The van der Waals surface area contributed by atoms with Crippen molar-refractivity contribution in [2.45, 2.75) is 43.1 Å². The van der Waals surface area contributed by atoms with Gasteiger partial charge in [-0.2, -0.15) is 0 Å². The lowest BCUT2D eigenvalue weighted by Gasteiger charge is -2.12. The SMILES string of the molecule is Cc1cc(Sc2ccccc2Cl)ccc1CNC(C)C. The standard InChI is InChI=1S/C17H20ClNS/c1-12(2)19-11-14-8-9-15(10-13(14)3)20-17-7-5-4-6-16(17)18/h4-10,12,19H,11H2,1-3H3. The molecule has 0 atom stereocenters. The summed E-state index contributed by atoms with van der Waals surface area (Å²) in [4.78, 5) is 2.32. The van der Waals surface area contributed by atoms with Crippen LogP contribution in [-0.4, -0.2) is 6.04 Å². The normalized spacial score (nSPS) is 11.1. The van der Waals surface area contributed by atoms with Crippen LogP contribution < -0.4 is 5.32 Å². The largest absolute Gasteiger partial charge is 0.310 e. The molecule has 106 valence electrons. The van der Waals surface area contributed by atoms with Crippen molar-refractivity contribution in [2.24, 2.45) is 0 Å². The van der Waals surface area contributed by atoms with Gasteiger partial charge in [-0.1, -0.05) is 55.4 Å². The van der Waals surface area contributed by atoms with Gasteiger partial charge in [0, 0.05) is 22.4 Å². The summed E-state index contributed by atoms with van der Waals surface area (Å²) in [7, 11) is 0. The fraction of sp³-hybridized carbons (Fsp3) is 0.294. The Hall–Kier alpha value is -0.960. The second kappa shape index (κ2) is 7.16. The Morgan fingerprint density at radius 1 is 1.15 bits per heavy atom. The lowest BCUT2D eigenvalue weighted by atomic mass is 10.1. The smallest absolute Gasteiger partial charge is 0.0545 e. The lowest BCUT2D eigenvalue weighted by Crippen LogP contribution is -2.22. The van der Waals surface area contributed by atoms with Gasteiger partial charge in [0.15, 0.2) is 0 Å². The summed E-state index contributed by atoms with van der Waals surface area (Å²) in [5, 5.41) is 4.26. The average molecular weight is 306 g/mol. The Kier molecular flexibility index (Phi) is 5.53. The van der Waals surface area contributed by atoms with Crippen LogP contribution in [0.25, 0.3) is 0 Å². The molecule has 2 aromatic rings. The number of halogens is 1. The van der Waals surface area contributed by atoms with Crippen LogP contribution in [0.2, 0.25) is 5.02 Å². The van der Waals surface area contributed by atoms with Crippen LogP contribution in [0.1, 0.15) is 25.0 Å². The van der Waals surface area contributed by atoms with E-state index in [1.165, 1.54) is 16.0 Å². The molecule has 0 saturated heterocycles. The van der Waals surface area contributed by atoms with Gasteiger partial charge in [0.05, 0.1) is 5.02 Å². The van der Waals surface area contributed by atoms with Gasteiger partial charge >= 0.3 is 0 Å². The Balaban J connectivity index is 2.11. The maximum absolute atomic E-state index is 6.20. The summed E-state index contributed by atoms with van der Waals surface area (Å²) in [6.45, 7) is 7.41. The molecule has 0 spiro atoms. The molecule has 0 heterocycles. The first-order chi connectivity index (χ1) is 9.56. The van der Waals surface area contributed by atoms with Gasteiger partial charge in [-0.25, -0.2) is 0 Å². The Labute approximate surface area is 130 Å². The second-order valence-electron chi connectivity index (χ2n) is 5.16. The van der Waals surface area contributed by atoms with Crippen molar-refractivity contribution in [2.75, 3.05) is 0 Å². The second-order valence-corrected chi connectivity index (χ2v) is 6.68. The van der Waals surface area contributed by atoms with Gasteiger partial charge in [0.25, 0.3) is 0 Å². The summed E-state index contributed by atoms with van der Waals surface area (Å²) < 4.78 is 0. The highest BCUT2D eigenvalue weighted by Crippen LogP contribution is 2.33. The van der Waals surface area contributed by atoms with Gasteiger partial charge in [0.1, 0.15) is 0 Å². The Bertz CT molecular complexity index is 581. The van der Waals surface area contributed by atoms with E-state index in [2.05, 4.69) is 50.4 Å². The average Bonchev–Trinajstić information content (AvgIpc) is 2.40. The minimum Gasteiger partial charge on any atom is -0.310 e. The van der Waals surface area contributed by atoms with E-state index in [0.29, 0.717) is 6.04 Å². The van der Waals surface area contributed by atoms with Crippen LogP contribution in [0.3, 0.4) is 0 Å². The number of hydrogen-bond donors (Lipinski definition) is 1. The maximum Gasteiger partial charge on any atom is 0.0545 e. The first-order valence-corrected chi connectivity index (χ1v) is 8.01. The quantitative estimate of drug-likeness (QED) is 0.804. The third-order valence-electron chi connectivity index (χ3n) is 3.08. The van der Waals surface area contributed by atoms with Gasteiger partial charge in [-0.3, -0.25) is 0 Å².